The SMILES string of the molecule is CC1CCN(Cc2cccc(CNS(=O)(=O)c3ccc4[nH]c(=O)[nH]c(=O)c4c3)c2)CC1. The van der Waals surface area contributed by atoms with E-state index in [9.17, 15) is 18.0 Å². The Morgan fingerprint density at radius 3 is 2.55 bits per heavy atom. The molecule has 0 aliphatic carbocycles. The van der Waals surface area contributed by atoms with Gasteiger partial charge in [0.05, 0.1) is 15.8 Å². The van der Waals surface area contributed by atoms with Gasteiger partial charge in [-0.2, -0.15) is 0 Å². The Hall–Kier alpha value is -2.75. The molecule has 3 aromatic rings. The molecular formula is C22H26N4O4S. The van der Waals surface area contributed by atoms with Gasteiger partial charge < -0.3 is 4.98 Å². The summed E-state index contributed by atoms with van der Waals surface area (Å²) in [5.74, 6) is 0.780. The molecule has 0 unspecified atom stereocenters. The minimum Gasteiger partial charge on any atom is -0.307 e. The average Bonchev–Trinajstić information content (AvgIpc) is 2.74. The molecule has 0 bridgehead atoms. The zero-order valence-corrected chi connectivity index (χ0v) is 18.2. The highest BCUT2D eigenvalue weighted by molar-refractivity contribution is 7.89. The molecule has 8 nitrogen and oxygen atoms in total. The van der Waals surface area contributed by atoms with Crippen molar-refractivity contribution in [1.82, 2.24) is 19.6 Å². The van der Waals surface area contributed by atoms with Crippen LogP contribution in [0.2, 0.25) is 0 Å². The molecule has 0 amide bonds. The van der Waals surface area contributed by atoms with Crippen molar-refractivity contribution in [2.75, 3.05) is 13.1 Å². The molecule has 3 N–H and O–H groups in total. The standard InChI is InChI=1S/C22H26N4O4S/c1-15-7-9-26(10-8-15)14-17-4-2-3-16(11-17)13-23-31(29,30)18-5-6-20-19(12-18)21(27)25-22(28)24-20/h2-6,11-12,15,23H,7-10,13-14H2,1H3,(H2,24,25,27,28). The normalized spacial score (nSPS) is 16.0. The van der Waals surface area contributed by atoms with Crippen LogP contribution in [0.15, 0.2) is 56.9 Å². The Morgan fingerprint density at radius 2 is 1.77 bits per heavy atom. The quantitative estimate of drug-likeness (QED) is 0.540. The summed E-state index contributed by atoms with van der Waals surface area (Å²) in [6, 6.07) is 12.0. The molecule has 1 saturated heterocycles. The minimum atomic E-state index is -3.83. The van der Waals surface area contributed by atoms with Crippen LogP contribution in [0.25, 0.3) is 10.9 Å². The van der Waals surface area contributed by atoms with E-state index in [0.29, 0.717) is 0 Å². The van der Waals surface area contributed by atoms with Crippen LogP contribution in [-0.4, -0.2) is 36.4 Å². The van der Waals surface area contributed by atoms with Crippen molar-refractivity contribution in [3.05, 3.63) is 74.4 Å². The van der Waals surface area contributed by atoms with Crippen LogP contribution in [0.5, 0.6) is 0 Å². The van der Waals surface area contributed by atoms with E-state index < -0.39 is 21.3 Å². The number of hydrogen-bond donors (Lipinski definition) is 3. The van der Waals surface area contributed by atoms with Crippen LogP contribution in [-0.2, 0) is 23.1 Å². The number of rotatable bonds is 6. The van der Waals surface area contributed by atoms with Crippen molar-refractivity contribution in [2.24, 2.45) is 5.92 Å². The molecule has 0 atom stereocenters. The summed E-state index contributed by atoms with van der Waals surface area (Å²) in [6.45, 7) is 5.47. The highest BCUT2D eigenvalue weighted by Crippen LogP contribution is 2.19. The summed E-state index contributed by atoms with van der Waals surface area (Å²) in [5.41, 5.74) is 1.05. The Kier molecular flexibility index (Phi) is 6.08. The molecule has 1 fully saturated rings. The minimum absolute atomic E-state index is 0.0314. The van der Waals surface area contributed by atoms with E-state index in [1.165, 1.54) is 31.0 Å². The molecule has 0 saturated carbocycles. The Balaban J connectivity index is 1.46. The van der Waals surface area contributed by atoms with Crippen molar-refractivity contribution in [3.8, 4) is 0 Å². The van der Waals surface area contributed by atoms with Gasteiger partial charge >= 0.3 is 5.69 Å². The highest BCUT2D eigenvalue weighted by Gasteiger charge is 2.17. The fraction of sp³-hybridized carbons (Fsp3) is 0.364. The van der Waals surface area contributed by atoms with Gasteiger partial charge in [-0.05, 0) is 61.2 Å². The molecule has 1 aliphatic rings. The van der Waals surface area contributed by atoms with E-state index in [0.717, 1.165) is 36.7 Å². The van der Waals surface area contributed by atoms with Crippen LogP contribution >= 0.6 is 0 Å². The van der Waals surface area contributed by atoms with Gasteiger partial charge in [0, 0.05) is 13.1 Å². The molecule has 31 heavy (non-hydrogen) atoms. The lowest BCUT2D eigenvalue weighted by Crippen LogP contribution is -2.32. The number of piperidine rings is 1. The third-order valence-electron chi connectivity index (χ3n) is 5.76. The third-order valence-corrected chi connectivity index (χ3v) is 7.16. The summed E-state index contributed by atoms with van der Waals surface area (Å²) in [4.78, 5) is 30.3. The number of H-pyrrole nitrogens is 2. The summed E-state index contributed by atoms with van der Waals surface area (Å²) >= 11 is 0. The summed E-state index contributed by atoms with van der Waals surface area (Å²) in [7, 11) is -3.83. The zero-order chi connectivity index (χ0) is 22.0. The van der Waals surface area contributed by atoms with Gasteiger partial charge in [-0.15, -0.1) is 0 Å². The maximum absolute atomic E-state index is 12.8. The lowest BCUT2D eigenvalue weighted by atomic mass is 9.98. The van der Waals surface area contributed by atoms with Gasteiger partial charge in [0.15, 0.2) is 0 Å². The van der Waals surface area contributed by atoms with Crippen LogP contribution in [0, 0.1) is 5.92 Å². The van der Waals surface area contributed by atoms with Crippen molar-refractivity contribution < 1.29 is 8.42 Å². The summed E-state index contributed by atoms with van der Waals surface area (Å²) < 4.78 is 28.1. The number of fused-ring (bicyclic) bond motifs is 1. The lowest BCUT2D eigenvalue weighted by Gasteiger charge is -2.30. The molecule has 4 rings (SSSR count). The first-order valence-electron chi connectivity index (χ1n) is 10.4. The van der Waals surface area contributed by atoms with Gasteiger partial charge in [-0.1, -0.05) is 31.2 Å². The van der Waals surface area contributed by atoms with Gasteiger partial charge in [0.25, 0.3) is 5.56 Å². The maximum Gasteiger partial charge on any atom is 0.326 e. The second-order valence-electron chi connectivity index (χ2n) is 8.22. The molecule has 0 spiro atoms. The summed E-state index contributed by atoms with van der Waals surface area (Å²) in [5, 5.41) is 0.111. The second-order valence-corrected chi connectivity index (χ2v) is 9.99. The number of sulfonamides is 1. The first-order valence-corrected chi connectivity index (χ1v) is 11.8. The van der Waals surface area contributed by atoms with E-state index >= 15 is 0 Å². The van der Waals surface area contributed by atoms with Gasteiger partial charge in [-0.25, -0.2) is 17.9 Å². The van der Waals surface area contributed by atoms with Crippen LogP contribution < -0.4 is 16.0 Å². The van der Waals surface area contributed by atoms with E-state index in [-0.39, 0.29) is 22.3 Å². The number of aromatic amines is 2. The molecular weight excluding hydrogens is 416 g/mol. The third kappa shape index (κ3) is 5.12. The molecule has 0 radical (unpaired) electrons. The summed E-state index contributed by atoms with van der Waals surface area (Å²) in [6.07, 6.45) is 2.42. The molecule has 2 aromatic carbocycles. The monoisotopic (exact) mass is 442 g/mol. The van der Waals surface area contributed by atoms with Crippen molar-refractivity contribution in [1.29, 1.82) is 0 Å². The van der Waals surface area contributed by atoms with E-state index in [2.05, 4.69) is 32.6 Å². The second kappa shape index (κ2) is 8.78. The van der Waals surface area contributed by atoms with Gasteiger partial charge in [0.2, 0.25) is 10.0 Å². The maximum atomic E-state index is 12.8. The fourth-order valence-corrected chi connectivity index (χ4v) is 4.93. The first-order chi connectivity index (χ1) is 14.8. The smallest absolute Gasteiger partial charge is 0.307 e. The number of benzene rings is 2. The van der Waals surface area contributed by atoms with Gasteiger partial charge in [0.1, 0.15) is 0 Å². The Labute approximate surface area is 180 Å². The molecule has 1 aromatic heterocycles. The number of likely N-dealkylation sites (tertiary alicyclic amines) is 1. The molecule has 9 heteroatoms. The van der Waals surface area contributed by atoms with Crippen LogP contribution in [0.1, 0.15) is 30.9 Å². The fourth-order valence-electron chi connectivity index (χ4n) is 3.89. The molecule has 164 valence electrons. The largest absolute Gasteiger partial charge is 0.326 e. The number of hydrogen-bond acceptors (Lipinski definition) is 5. The number of nitrogens with zero attached hydrogens (tertiary/aromatic N) is 1. The average molecular weight is 443 g/mol. The Morgan fingerprint density at radius 1 is 1.03 bits per heavy atom. The molecule has 2 heterocycles. The Bertz CT molecular complexity index is 1300. The molecule has 1 aliphatic heterocycles. The lowest BCUT2D eigenvalue weighted by molar-refractivity contribution is 0.185. The first kappa shape index (κ1) is 21.5. The van der Waals surface area contributed by atoms with E-state index in [4.69, 9.17) is 0 Å². The van der Waals surface area contributed by atoms with Crippen molar-refractivity contribution in [3.63, 3.8) is 0 Å². The van der Waals surface area contributed by atoms with Crippen molar-refractivity contribution >= 4 is 20.9 Å². The zero-order valence-electron chi connectivity index (χ0n) is 17.3. The topological polar surface area (TPSA) is 115 Å². The van der Waals surface area contributed by atoms with E-state index in [1.54, 1.807) is 0 Å². The van der Waals surface area contributed by atoms with E-state index in [1.807, 2.05) is 18.2 Å². The predicted molar refractivity (Wildman–Crippen MR) is 119 cm³/mol. The van der Waals surface area contributed by atoms with Crippen molar-refractivity contribution in [2.45, 2.75) is 37.8 Å². The van der Waals surface area contributed by atoms with Gasteiger partial charge in [-0.3, -0.25) is 14.7 Å². The van der Waals surface area contributed by atoms with Crippen LogP contribution in [0.3, 0.4) is 0 Å². The number of nitrogens with one attached hydrogen (secondary N) is 3. The number of aromatic nitrogens is 2. The highest BCUT2D eigenvalue weighted by atomic mass is 32.2. The van der Waals surface area contributed by atoms with Crippen LogP contribution in [0.4, 0.5) is 0 Å². The predicted octanol–water partition coefficient (Wildman–Crippen LogP) is 1.93.